The molecule has 0 unspecified atom stereocenters. The molecular formula is C22H19BClFN2O3. The normalized spacial score (nSPS) is 18.5. The van der Waals surface area contributed by atoms with Gasteiger partial charge < -0.3 is 15.1 Å². The van der Waals surface area contributed by atoms with Gasteiger partial charge in [0.1, 0.15) is 19.2 Å². The van der Waals surface area contributed by atoms with Crippen molar-refractivity contribution in [1.29, 1.82) is 0 Å². The van der Waals surface area contributed by atoms with Gasteiger partial charge in [-0.3, -0.25) is 9.59 Å². The molecule has 2 radical (unpaired) electrons. The van der Waals surface area contributed by atoms with Crippen molar-refractivity contribution < 1.29 is 18.4 Å². The second kappa shape index (κ2) is 8.52. The number of halogens is 2. The first-order chi connectivity index (χ1) is 14.4. The summed E-state index contributed by atoms with van der Waals surface area (Å²) in [6.45, 7) is 0.0378. The molecule has 0 bridgehead atoms. The highest BCUT2D eigenvalue weighted by atomic mass is 35.5. The molecule has 5 nitrogen and oxygen atoms in total. The maximum Gasteiger partial charge on any atom is 0.251 e. The standard InChI is InChI=1S/C22H19BClFN2O3/c23-16-10-14(9-12-7-8-30-20(12)16)21(28)27-18-6-2-4-15(18)22(29)26-11-13-3-1-5-17(24)19(13)25/h1,3,5,7-10,15,18H,2,4,6,11H2,(H,26,29)(H,27,28)/t15-,18-/m1/s1. The maximum absolute atomic E-state index is 14.0. The van der Waals surface area contributed by atoms with Crippen molar-refractivity contribution in [3.63, 3.8) is 0 Å². The Hall–Kier alpha value is -2.80. The van der Waals surface area contributed by atoms with Crippen molar-refractivity contribution in [2.75, 3.05) is 0 Å². The summed E-state index contributed by atoms with van der Waals surface area (Å²) in [6, 6.07) is 9.37. The summed E-state index contributed by atoms with van der Waals surface area (Å²) in [5.74, 6) is -1.44. The van der Waals surface area contributed by atoms with Gasteiger partial charge in [-0.2, -0.15) is 0 Å². The molecule has 1 aromatic heterocycles. The van der Waals surface area contributed by atoms with Gasteiger partial charge in [0.2, 0.25) is 5.91 Å². The van der Waals surface area contributed by atoms with E-state index in [1.807, 2.05) is 0 Å². The van der Waals surface area contributed by atoms with Crippen LogP contribution >= 0.6 is 11.6 Å². The number of carbonyl (C=O) groups excluding carboxylic acids is 2. The molecule has 3 aromatic rings. The molecule has 1 heterocycles. The lowest BCUT2D eigenvalue weighted by Crippen LogP contribution is -2.44. The van der Waals surface area contributed by atoms with Crippen LogP contribution in [0.5, 0.6) is 0 Å². The molecule has 0 saturated heterocycles. The van der Waals surface area contributed by atoms with Gasteiger partial charge in [0.15, 0.2) is 0 Å². The van der Waals surface area contributed by atoms with Crippen molar-refractivity contribution in [3.05, 3.63) is 64.6 Å². The van der Waals surface area contributed by atoms with Crippen molar-refractivity contribution in [3.8, 4) is 0 Å². The number of fused-ring (bicyclic) bond motifs is 1. The number of benzene rings is 2. The van der Waals surface area contributed by atoms with Crippen LogP contribution in [-0.2, 0) is 11.3 Å². The third kappa shape index (κ3) is 4.07. The van der Waals surface area contributed by atoms with E-state index >= 15 is 0 Å². The number of hydrogen-bond acceptors (Lipinski definition) is 3. The Labute approximate surface area is 179 Å². The molecule has 8 heteroatoms. The predicted molar refractivity (Wildman–Crippen MR) is 113 cm³/mol. The molecule has 0 aliphatic heterocycles. The van der Waals surface area contributed by atoms with E-state index < -0.39 is 5.82 Å². The molecule has 1 saturated carbocycles. The Morgan fingerprint density at radius 2 is 2.07 bits per heavy atom. The Kier molecular flexibility index (Phi) is 5.81. The van der Waals surface area contributed by atoms with Gasteiger partial charge in [0.25, 0.3) is 5.91 Å². The maximum atomic E-state index is 14.0. The average Bonchev–Trinajstić information content (AvgIpc) is 3.38. The first-order valence-electron chi connectivity index (χ1n) is 9.72. The fourth-order valence-electron chi connectivity index (χ4n) is 3.94. The number of rotatable bonds is 5. The Morgan fingerprint density at radius 1 is 1.23 bits per heavy atom. The van der Waals surface area contributed by atoms with Crippen LogP contribution in [0.4, 0.5) is 4.39 Å². The lowest BCUT2D eigenvalue weighted by atomic mass is 9.92. The largest absolute Gasteiger partial charge is 0.465 e. The summed E-state index contributed by atoms with van der Waals surface area (Å²) in [5, 5.41) is 6.46. The molecule has 30 heavy (non-hydrogen) atoms. The summed E-state index contributed by atoms with van der Waals surface area (Å²) in [7, 11) is 5.96. The van der Waals surface area contributed by atoms with Crippen molar-refractivity contribution in [2.24, 2.45) is 5.92 Å². The predicted octanol–water partition coefficient (Wildman–Crippen LogP) is 3.23. The minimum absolute atomic E-state index is 0.0154. The zero-order valence-corrected chi connectivity index (χ0v) is 16.8. The molecule has 2 atom stereocenters. The highest BCUT2D eigenvalue weighted by Crippen LogP contribution is 2.27. The first-order valence-corrected chi connectivity index (χ1v) is 10.1. The van der Waals surface area contributed by atoms with Gasteiger partial charge in [0.05, 0.1) is 17.2 Å². The van der Waals surface area contributed by atoms with Gasteiger partial charge in [-0.1, -0.05) is 41.7 Å². The number of hydrogen-bond donors (Lipinski definition) is 2. The number of amides is 2. The number of furan rings is 1. The first kappa shape index (κ1) is 20.5. The average molecular weight is 425 g/mol. The lowest BCUT2D eigenvalue weighted by molar-refractivity contribution is -0.125. The van der Waals surface area contributed by atoms with Crippen LogP contribution in [-0.4, -0.2) is 25.7 Å². The van der Waals surface area contributed by atoms with E-state index in [9.17, 15) is 14.0 Å². The minimum Gasteiger partial charge on any atom is -0.465 e. The molecule has 1 fully saturated rings. The molecule has 0 spiro atoms. The third-order valence-corrected chi connectivity index (χ3v) is 5.79. The van der Waals surface area contributed by atoms with Crippen LogP contribution < -0.4 is 16.1 Å². The molecule has 4 rings (SSSR count). The van der Waals surface area contributed by atoms with Gasteiger partial charge >= 0.3 is 0 Å². The second-order valence-corrected chi connectivity index (χ2v) is 7.86. The fourth-order valence-corrected chi connectivity index (χ4v) is 4.13. The van der Waals surface area contributed by atoms with Crippen LogP contribution in [0.25, 0.3) is 11.0 Å². The Morgan fingerprint density at radius 3 is 2.90 bits per heavy atom. The van der Waals surface area contributed by atoms with Gasteiger partial charge in [0, 0.05) is 29.1 Å². The van der Waals surface area contributed by atoms with Crippen LogP contribution in [0.1, 0.15) is 35.2 Å². The SMILES string of the molecule is [B]c1cc(C(=O)N[C@@H]2CCC[C@H]2C(=O)NCc2cccc(Cl)c2F)cc2ccoc12. The monoisotopic (exact) mass is 424 g/mol. The van der Waals surface area contributed by atoms with E-state index in [0.29, 0.717) is 35.0 Å². The molecule has 2 amide bonds. The third-order valence-electron chi connectivity index (χ3n) is 5.50. The lowest BCUT2D eigenvalue weighted by Gasteiger charge is -2.21. The molecule has 1 aliphatic carbocycles. The zero-order valence-electron chi connectivity index (χ0n) is 16.1. The molecular weight excluding hydrogens is 406 g/mol. The van der Waals surface area contributed by atoms with Gasteiger partial charge in [-0.05, 0) is 31.0 Å². The summed E-state index contributed by atoms with van der Waals surface area (Å²) in [6.07, 6.45) is 3.68. The fraction of sp³-hybridized carbons (Fsp3) is 0.273. The second-order valence-electron chi connectivity index (χ2n) is 7.45. The van der Waals surface area contributed by atoms with E-state index in [1.165, 1.54) is 12.3 Å². The molecule has 1 aliphatic rings. The van der Waals surface area contributed by atoms with E-state index in [2.05, 4.69) is 10.6 Å². The summed E-state index contributed by atoms with van der Waals surface area (Å²) in [4.78, 5) is 25.4. The van der Waals surface area contributed by atoms with Crippen LogP contribution in [0.2, 0.25) is 5.02 Å². The smallest absolute Gasteiger partial charge is 0.251 e. The van der Waals surface area contributed by atoms with Crippen LogP contribution in [0, 0.1) is 11.7 Å². The summed E-state index contributed by atoms with van der Waals surface area (Å²) in [5.41, 5.74) is 1.65. The topological polar surface area (TPSA) is 71.3 Å². The minimum atomic E-state index is -0.539. The Balaban J connectivity index is 1.41. The van der Waals surface area contributed by atoms with E-state index in [-0.39, 0.29) is 35.3 Å². The summed E-state index contributed by atoms with van der Waals surface area (Å²) < 4.78 is 19.3. The van der Waals surface area contributed by atoms with Crippen molar-refractivity contribution in [2.45, 2.75) is 31.8 Å². The van der Waals surface area contributed by atoms with Gasteiger partial charge in [-0.15, -0.1) is 0 Å². The zero-order chi connectivity index (χ0) is 21.3. The quantitative estimate of drug-likeness (QED) is 0.618. The molecule has 2 aromatic carbocycles. The van der Waals surface area contributed by atoms with Crippen LogP contribution in [0.15, 0.2) is 47.1 Å². The van der Waals surface area contributed by atoms with Crippen molar-refractivity contribution >= 4 is 47.7 Å². The molecule has 152 valence electrons. The Bertz CT molecular complexity index is 1120. The number of carbonyl (C=O) groups is 2. The van der Waals surface area contributed by atoms with Gasteiger partial charge in [-0.25, -0.2) is 4.39 Å². The summed E-state index contributed by atoms with van der Waals surface area (Å²) >= 11 is 5.79. The highest BCUT2D eigenvalue weighted by Gasteiger charge is 2.34. The highest BCUT2D eigenvalue weighted by molar-refractivity contribution is 6.38. The van der Waals surface area contributed by atoms with Crippen LogP contribution in [0.3, 0.4) is 0 Å². The molecule has 2 N–H and O–H groups in total. The van der Waals surface area contributed by atoms with E-state index in [0.717, 1.165) is 11.8 Å². The van der Waals surface area contributed by atoms with Crippen molar-refractivity contribution in [1.82, 2.24) is 10.6 Å². The van der Waals surface area contributed by atoms with E-state index in [1.54, 1.807) is 30.3 Å². The number of nitrogens with one attached hydrogen (secondary N) is 2. The van der Waals surface area contributed by atoms with E-state index in [4.69, 9.17) is 23.9 Å².